The Hall–Kier alpha value is -2.76. The number of benzene rings is 2. The summed E-state index contributed by atoms with van der Waals surface area (Å²) in [4.78, 5) is 14.4. The van der Waals surface area contributed by atoms with Crippen molar-refractivity contribution in [3.8, 4) is 5.75 Å². The topological polar surface area (TPSA) is 65.7 Å². The van der Waals surface area contributed by atoms with Gasteiger partial charge in [-0.2, -0.15) is 0 Å². The van der Waals surface area contributed by atoms with Gasteiger partial charge in [-0.3, -0.25) is 9.69 Å². The zero-order chi connectivity index (χ0) is 18.4. The fourth-order valence-electron chi connectivity index (χ4n) is 2.63. The molecule has 0 radical (unpaired) electrons. The fraction of sp³-hybridized carbons (Fsp3) is 0.150. The molecule has 6 heteroatoms. The number of furan rings is 1. The number of phenols is 1. The predicted octanol–water partition coefficient (Wildman–Crippen LogP) is 4.28. The highest BCUT2D eigenvalue weighted by Crippen LogP contribution is 2.21. The maximum absolute atomic E-state index is 12.5. The molecular formula is C20H19ClN2O3. The first-order valence-electron chi connectivity index (χ1n) is 8.18. The third-order valence-electron chi connectivity index (χ3n) is 3.86. The SMILES string of the molecule is O=C(CN(Cc1ccco1)Cc1ccccc1O)Nc1ccccc1Cl. The first-order valence-corrected chi connectivity index (χ1v) is 8.55. The zero-order valence-corrected chi connectivity index (χ0v) is 14.8. The minimum atomic E-state index is -0.194. The van der Waals surface area contributed by atoms with Crippen LogP contribution in [0.15, 0.2) is 71.3 Å². The van der Waals surface area contributed by atoms with E-state index in [-0.39, 0.29) is 18.2 Å². The summed E-state index contributed by atoms with van der Waals surface area (Å²) in [7, 11) is 0. The highest BCUT2D eigenvalue weighted by atomic mass is 35.5. The van der Waals surface area contributed by atoms with Crippen molar-refractivity contribution in [1.82, 2.24) is 4.90 Å². The van der Waals surface area contributed by atoms with Gasteiger partial charge in [0.1, 0.15) is 11.5 Å². The number of amides is 1. The van der Waals surface area contributed by atoms with Crippen molar-refractivity contribution in [1.29, 1.82) is 0 Å². The van der Waals surface area contributed by atoms with Gasteiger partial charge in [-0.25, -0.2) is 0 Å². The standard InChI is InChI=1S/C20H19ClN2O3/c21-17-8-2-3-9-18(17)22-20(25)14-23(13-16-7-5-11-26-16)12-15-6-1-4-10-19(15)24/h1-11,24H,12-14H2,(H,22,25). The Balaban J connectivity index is 1.71. The first-order chi connectivity index (χ1) is 12.6. The second-order valence-corrected chi connectivity index (χ2v) is 6.29. The summed E-state index contributed by atoms with van der Waals surface area (Å²) in [5, 5.41) is 13.3. The van der Waals surface area contributed by atoms with Crippen LogP contribution in [0.5, 0.6) is 5.75 Å². The third kappa shape index (κ3) is 4.88. The van der Waals surface area contributed by atoms with Crippen LogP contribution in [0.4, 0.5) is 5.69 Å². The van der Waals surface area contributed by atoms with E-state index >= 15 is 0 Å². The van der Waals surface area contributed by atoms with Gasteiger partial charge < -0.3 is 14.8 Å². The number of anilines is 1. The van der Waals surface area contributed by atoms with Crippen molar-refractivity contribution in [2.45, 2.75) is 13.1 Å². The largest absolute Gasteiger partial charge is 0.508 e. The average molecular weight is 371 g/mol. The lowest BCUT2D eigenvalue weighted by Crippen LogP contribution is -2.32. The van der Waals surface area contributed by atoms with Gasteiger partial charge in [0.25, 0.3) is 0 Å². The van der Waals surface area contributed by atoms with Gasteiger partial charge in [-0.05, 0) is 30.3 Å². The van der Waals surface area contributed by atoms with E-state index in [1.54, 1.807) is 42.7 Å². The molecule has 0 aliphatic heterocycles. The first kappa shape index (κ1) is 18.0. The number of para-hydroxylation sites is 2. The smallest absolute Gasteiger partial charge is 0.238 e. The molecule has 1 amide bonds. The van der Waals surface area contributed by atoms with Gasteiger partial charge >= 0.3 is 0 Å². The number of rotatable bonds is 7. The van der Waals surface area contributed by atoms with E-state index in [0.717, 1.165) is 11.3 Å². The van der Waals surface area contributed by atoms with Gasteiger partial charge in [0, 0.05) is 12.1 Å². The van der Waals surface area contributed by atoms with E-state index in [1.165, 1.54) is 0 Å². The van der Waals surface area contributed by atoms with Crippen molar-refractivity contribution >= 4 is 23.2 Å². The highest BCUT2D eigenvalue weighted by molar-refractivity contribution is 6.33. The van der Waals surface area contributed by atoms with Crippen LogP contribution < -0.4 is 5.32 Å². The Labute approximate surface area is 156 Å². The van der Waals surface area contributed by atoms with E-state index in [1.807, 2.05) is 29.2 Å². The van der Waals surface area contributed by atoms with Crippen LogP contribution in [0.1, 0.15) is 11.3 Å². The van der Waals surface area contributed by atoms with Gasteiger partial charge in [-0.15, -0.1) is 0 Å². The molecule has 134 valence electrons. The van der Waals surface area contributed by atoms with Crippen molar-refractivity contribution < 1.29 is 14.3 Å². The van der Waals surface area contributed by atoms with Crippen LogP contribution in [0.25, 0.3) is 0 Å². The Morgan fingerprint density at radius 3 is 2.54 bits per heavy atom. The summed E-state index contributed by atoms with van der Waals surface area (Å²) in [6.45, 7) is 0.973. The van der Waals surface area contributed by atoms with Crippen LogP contribution in [-0.4, -0.2) is 22.5 Å². The average Bonchev–Trinajstić information content (AvgIpc) is 3.12. The molecule has 0 saturated heterocycles. The number of hydrogen-bond donors (Lipinski definition) is 2. The number of nitrogens with zero attached hydrogens (tertiary/aromatic N) is 1. The molecule has 2 N–H and O–H groups in total. The van der Waals surface area contributed by atoms with Crippen molar-refractivity contribution in [2.24, 2.45) is 0 Å². The van der Waals surface area contributed by atoms with Crippen LogP contribution in [-0.2, 0) is 17.9 Å². The highest BCUT2D eigenvalue weighted by Gasteiger charge is 2.16. The lowest BCUT2D eigenvalue weighted by atomic mass is 10.2. The second kappa shape index (κ2) is 8.56. The number of hydrogen-bond acceptors (Lipinski definition) is 4. The fourth-order valence-corrected chi connectivity index (χ4v) is 2.81. The number of halogens is 1. The number of aromatic hydroxyl groups is 1. The Kier molecular flexibility index (Phi) is 5.94. The molecule has 0 unspecified atom stereocenters. The third-order valence-corrected chi connectivity index (χ3v) is 4.19. The monoisotopic (exact) mass is 370 g/mol. The maximum Gasteiger partial charge on any atom is 0.238 e. The molecule has 2 aromatic carbocycles. The summed E-state index contributed by atoms with van der Waals surface area (Å²) >= 11 is 6.09. The molecule has 0 saturated carbocycles. The summed E-state index contributed by atoms with van der Waals surface area (Å²) in [6.07, 6.45) is 1.59. The molecule has 3 rings (SSSR count). The molecule has 26 heavy (non-hydrogen) atoms. The normalized spacial score (nSPS) is 10.8. The lowest BCUT2D eigenvalue weighted by Gasteiger charge is -2.21. The van der Waals surface area contributed by atoms with Gasteiger partial charge in [0.15, 0.2) is 0 Å². The van der Waals surface area contributed by atoms with E-state index in [0.29, 0.717) is 23.8 Å². The van der Waals surface area contributed by atoms with Gasteiger partial charge in [0.05, 0.1) is 30.1 Å². The number of carbonyl (C=O) groups excluding carboxylic acids is 1. The van der Waals surface area contributed by atoms with Crippen molar-refractivity contribution in [3.63, 3.8) is 0 Å². The molecule has 3 aromatic rings. The van der Waals surface area contributed by atoms with Crippen LogP contribution in [0.3, 0.4) is 0 Å². The lowest BCUT2D eigenvalue weighted by molar-refractivity contribution is -0.117. The quantitative estimate of drug-likeness (QED) is 0.651. The summed E-state index contributed by atoms with van der Waals surface area (Å²) in [5.74, 6) is 0.745. The number of phenolic OH excluding ortho intramolecular Hbond substituents is 1. The summed E-state index contributed by atoms with van der Waals surface area (Å²) < 4.78 is 5.39. The molecule has 0 aliphatic rings. The molecule has 0 aliphatic carbocycles. The predicted molar refractivity (Wildman–Crippen MR) is 101 cm³/mol. The molecule has 0 atom stereocenters. The van der Waals surface area contributed by atoms with Crippen LogP contribution >= 0.6 is 11.6 Å². The van der Waals surface area contributed by atoms with Gasteiger partial charge in [0.2, 0.25) is 5.91 Å². The maximum atomic E-state index is 12.5. The van der Waals surface area contributed by atoms with Gasteiger partial charge in [-0.1, -0.05) is 41.9 Å². The van der Waals surface area contributed by atoms with Crippen molar-refractivity contribution in [3.05, 3.63) is 83.3 Å². The van der Waals surface area contributed by atoms with Crippen LogP contribution in [0.2, 0.25) is 5.02 Å². The second-order valence-electron chi connectivity index (χ2n) is 5.88. The minimum absolute atomic E-state index is 0.125. The molecule has 0 fully saturated rings. The molecule has 0 bridgehead atoms. The minimum Gasteiger partial charge on any atom is -0.508 e. The molecular weight excluding hydrogens is 352 g/mol. The summed E-state index contributed by atoms with van der Waals surface area (Å²) in [6, 6.07) is 17.8. The van der Waals surface area contributed by atoms with Crippen LogP contribution in [0, 0.1) is 0 Å². The summed E-state index contributed by atoms with van der Waals surface area (Å²) in [5.41, 5.74) is 1.31. The molecule has 5 nitrogen and oxygen atoms in total. The Morgan fingerprint density at radius 2 is 1.81 bits per heavy atom. The number of nitrogens with one attached hydrogen (secondary N) is 1. The Bertz CT molecular complexity index is 865. The Morgan fingerprint density at radius 1 is 1.04 bits per heavy atom. The molecule has 1 aromatic heterocycles. The molecule has 1 heterocycles. The van der Waals surface area contributed by atoms with E-state index in [4.69, 9.17) is 16.0 Å². The molecule has 0 spiro atoms. The van der Waals surface area contributed by atoms with E-state index in [2.05, 4.69) is 5.32 Å². The van der Waals surface area contributed by atoms with E-state index < -0.39 is 0 Å². The van der Waals surface area contributed by atoms with Crippen molar-refractivity contribution in [2.75, 3.05) is 11.9 Å². The zero-order valence-electron chi connectivity index (χ0n) is 14.1. The van der Waals surface area contributed by atoms with E-state index in [9.17, 15) is 9.90 Å². The number of carbonyl (C=O) groups is 1.